The summed E-state index contributed by atoms with van der Waals surface area (Å²) in [5, 5.41) is 16.0. The first-order chi connectivity index (χ1) is 17.0. The van der Waals surface area contributed by atoms with Crippen molar-refractivity contribution in [3.63, 3.8) is 0 Å². The van der Waals surface area contributed by atoms with Gasteiger partial charge in [-0.3, -0.25) is 24.6 Å². The number of likely N-dealkylation sites (tertiary alicyclic amines) is 1. The van der Waals surface area contributed by atoms with Crippen molar-refractivity contribution < 1.29 is 19.5 Å². The zero-order chi connectivity index (χ0) is 24.2. The smallest absolute Gasteiger partial charge is 0.250 e. The maximum Gasteiger partial charge on any atom is 0.250 e. The number of benzene rings is 3. The topological polar surface area (TPSA) is 98.7 Å². The molecule has 0 radical (unpaired) electrons. The quantitative estimate of drug-likeness (QED) is 0.501. The molecule has 7 nitrogen and oxygen atoms in total. The van der Waals surface area contributed by atoms with Gasteiger partial charge in [0, 0.05) is 23.8 Å². The highest BCUT2D eigenvalue weighted by molar-refractivity contribution is 6.15. The molecule has 3 aromatic carbocycles. The van der Waals surface area contributed by atoms with E-state index in [0.717, 1.165) is 11.1 Å². The minimum absolute atomic E-state index is 0.158. The van der Waals surface area contributed by atoms with Gasteiger partial charge in [0.05, 0.1) is 11.8 Å². The number of phenols is 1. The number of carbonyl (C=O) groups excluding carboxylic acids is 3. The second-order valence-electron chi connectivity index (χ2n) is 9.50. The summed E-state index contributed by atoms with van der Waals surface area (Å²) in [7, 11) is 0. The number of nitrogens with zero attached hydrogens (tertiary/aromatic N) is 1. The second kappa shape index (κ2) is 8.06. The van der Waals surface area contributed by atoms with Crippen molar-refractivity contribution in [3.05, 3.63) is 95.6 Å². The van der Waals surface area contributed by atoms with E-state index in [1.165, 1.54) is 4.90 Å². The maximum atomic E-state index is 13.8. The molecule has 3 heterocycles. The van der Waals surface area contributed by atoms with Crippen LogP contribution in [0.4, 0.5) is 5.69 Å². The molecular weight excluding hydrogens is 442 g/mol. The molecule has 2 fully saturated rings. The number of hydrogen-bond acceptors (Lipinski definition) is 5. The summed E-state index contributed by atoms with van der Waals surface area (Å²) in [4.78, 5) is 42.4. The summed E-state index contributed by atoms with van der Waals surface area (Å²) in [6.07, 6.45) is 1.01. The van der Waals surface area contributed by atoms with E-state index >= 15 is 0 Å². The lowest BCUT2D eigenvalue weighted by atomic mass is 9.76. The van der Waals surface area contributed by atoms with Crippen LogP contribution in [0.3, 0.4) is 0 Å². The van der Waals surface area contributed by atoms with Crippen LogP contribution in [0.15, 0.2) is 78.9 Å². The number of amides is 3. The van der Waals surface area contributed by atoms with E-state index < -0.39 is 23.4 Å². The summed E-state index contributed by atoms with van der Waals surface area (Å²) >= 11 is 0. The van der Waals surface area contributed by atoms with Gasteiger partial charge in [0.1, 0.15) is 11.3 Å². The highest BCUT2D eigenvalue weighted by Crippen LogP contribution is 2.53. The molecule has 0 aliphatic carbocycles. The molecule has 0 saturated carbocycles. The first kappa shape index (κ1) is 21.6. The third-order valence-electron chi connectivity index (χ3n) is 7.57. The van der Waals surface area contributed by atoms with Crippen molar-refractivity contribution in [2.45, 2.75) is 24.4 Å². The Labute approximate surface area is 202 Å². The minimum atomic E-state index is -1.29. The van der Waals surface area contributed by atoms with Crippen LogP contribution in [0.2, 0.25) is 0 Å². The Hall–Kier alpha value is -3.97. The summed E-state index contributed by atoms with van der Waals surface area (Å²) in [6, 6.07) is 23.5. The van der Waals surface area contributed by atoms with Crippen LogP contribution >= 0.6 is 0 Å². The van der Waals surface area contributed by atoms with Gasteiger partial charge in [-0.15, -0.1) is 0 Å². The molecule has 0 bridgehead atoms. The molecule has 0 unspecified atom stereocenters. The van der Waals surface area contributed by atoms with Crippen molar-refractivity contribution in [2.75, 3.05) is 11.9 Å². The fourth-order valence-corrected chi connectivity index (χ4v) is 5.98. The normalized spacial score (nSPS) is 26.8. The Morgan fingerprint density at radius 2 is 1.54 bits per heavy atom. The van der Waals surface area contributed by atoms with E-state index in [1.807, 2.05) is 54.6 Å². The average molecular weight is 468 g/mol. The molecular formula is C28H25N3O4. The summed E-state index contributed by atoms with van der Waals surface area (Å²) < 4.78 is 0. The van der Waals surface area contributed by atoms with Crippen molar-refractivity contribution >= 4 is 23.4 Å². The van der Waals surface area contributed by atoms with Crippen molar-refractivity contribution in [1.29, 1.82) is 0 Å². The van der Waals surface area contributed by atoms with Gasteiger partial charge >= 0.3 is 0 Å². The van der Waals surface area contributed by atoms with Crippen molar-refractivity contribution in [2.24, 2.45) is 11.8 Å². The minimum Gasteiger partial charge on any atom is -0.508 e. The van der Waals surface area contributed by atoms with E-state index in [9.17, 15) is 19.5 Å². The number of imide groups is 1. The number of hydrogen-bond donors (Lipinski definition) is 3. The number of aromatic hydroxyl groups is 1. The fourth-order valence-electron chi connectivity index (χ4n) is 5.98. The number of rotatable bonds is 5. The standard InChI is InChI=1S/C28H25N3O4/c32-19-12-10-18(11-13-19)16-22-23-24(28(30-22)20-8-4-5-9-21(20)29-27(28)35)26(34)31(25(23)33)15-14-17-6-2-1-3-7-17/h1-13,22-24,30,32H,14-16H2,(H,29,35)/t22-,23+,24+,28+/m1/s1. The molecule has 7 heteroatoms. The molecule has 3 aliphatic rings. The molecule has 3 aromatic rings. The van der Waals surface area contributed by atoms with Gasteiger partial charge in [-0.2, -0.15) is 0 Å². The zero-order valence-corrected chi connectivity index (χ0v) is 19.0. The average Bonchev–Trinajstić information content (AvgIpc) is 3.44. The van der Waals surface area contributed by atoms with E-state index in [4.69, 9.17) is 0 Å². The van der Waals surface area contributed by atoms with Crippen LogP contribution in [0.5, 0.6) is 5.75 Å². The molecule has 0 aromatic heterocycles. The molecule has 2 saturated heterocycles. The molecule has 1 spiro atoms. The highest BCUT2D eigenvalue weighted by atomic mass is 16.3. The lowest BCUT2D eigenvalue weighted by Gasteiger charge is -2.29. The molecule has 176 valence electrons. The first-order valence-electron chi connectivity index (χ1n) is 11.8. The van der Waals surface area contributed by atoms with Gasteiger partial charge in [-0.05, 0) is 42.2 Å². The van der Waals surface area contributed by atoms with E-state index in [1.54, 1.807) is 24.3 Å². The third-order valence-corrected chi connectivity index (χ3v) is 7.57. The Bertz CT molecular complexity index is 1320. The van der Waals surface area contributed by atoms with Crippen LogP contribution in [0.25, 0.3) is 0 Å². The van der Waals surface area contributed by atoms with Gasteiger partial charge in [-0.25, -0.2) is 0 Å². The number of anilines is 1. The Kier molecular flexibility index (Phi) is 4.96. The summed E-state index contributed by atoms with van der Waals surface area (Å²) in [5.41, 5.74) is 2.03. The van der Waals surface area contributed by atoms with Crippen LogP contribution in [-0.4, -0.2) is 40.3 Å². The lowest BCUT2D eigenvalue weighted by molar-refractivity contribution is -0.142. The predicted molar refractivity (Wildman–Crippen MR) is 129 cm³/mol. The lowest BCUT2D eigenvalue weighted by Crippen LogP contribution is -2.53. The molecule has 35 heavy (non-hydrogen) atoms. The molecule has 6 rings (SSSR count). The Balaban J connectivity index is 1.39. The summed E-state index contributed by atoms with van der Waals surface area (Å²) in [5.74, 6) is -2.16. The second-order valence-corrected chi connectivity index (χ2v) is 9.50. The summed E-state index contributed by atoms with van der Waals surface area (Å²) in [6.45, 7) is 0.278. The van der Waals surface area contributed by atoms with E-state index in [2.05, 4.69) is 10.6 Å². The SMILES string of the molecule is O=C1[C@@H]2[C@@H](C(=O)N1CCc1ccccc1)[C@]1(N[C@@H]2Cc2ccc(O)cc2)C(=O)Nc2ccccc21. The highest BCUT2D eigenvalue weighted by Gasteiger charge is 2.70. The van der Waals surface area contributed by atoms with Crippen LogP contribution in [0.1, 0.15) is 16.7 Å². The van der Waals surface area contributed by atoms with Crippen LogP contribution < -0.4 is 10.6 Å². The number of phenolic OH excluding ortho intramolecular Hbond substituents is 1. The number of fused-ring (bicyclic) bond motifs is 4. The van der Waals surface area contributed by atoms with Gasteiger partial charge < -0.3 is 10.4 Å². The number of para-hydroxylation sites is 1. The van der Waals surface area contributed by atoms with Crippen molar-refractivity contribution in [3.8, 4) is 5.75 Å². The van der Waals surface area contributed by atoms with Gasteiger partial charge in [-0.1, -0.05) is 60.7 Å². The fraction of sp³-hybridized carbons (Fsp3) is 0.250. The zero-order valence-electron chi connectivity index (χ0n) is 19.0. The maximum absolute atomic E-state index is 13.8. The van der Waals surface area contributed by atoms with Crippen molar-refractivity contribution in [1.82, 2.24) is 10.2 Å². The molecule has 3 aliphatic heterocycles. The van der Waals surface area contributed by atoms with Gasteiger partial charge in [0.2, 0.25) is 17.7 Å². The largest absolute Gasteiger partial charge is 0.508 e. The predicted octanol–water partition coefficient (Wildman–Crippen LogP) is 2.60. The Morgan fingerprint density at radius 1 is 0.829 bits per heavy atom. The van der Waals surface area contributed by atoms with Gasteiger partial charge in [0.25, 0.3) is 0 Å². The van der Waals surface area contributed by atoms with Crippen LogP contribution in [0, 0.1) is 11.8 Å². The first-order valence-corrected chi connectivity index (χ1v) is 11.8. The number of nitrogens with one attached hydrogen (secondary N) is 2. The third kappa shape index (κ3) is 3.26. The van der Waals surface area contributed by atoms with Gasteiger partial charge in [0.15, 0.2) is 0 Å². The van der Waals surface area contributed by atoms with E-state index in [-0.39, 0.29) is 30.0 Å². The van der Waals surface area contributed by atoms with E-state index in [0.29, 0.717) is 24.1 Å². The van der Waals surface area contributed by atoms with Crippen LogP contribution in [-0.2, 0) is 32.8 Å². The monoisotopic (exact) mass is 467 g/mol. The number of carbonyl (C=O) groups is 3. The molecule has 4 atom stereocenters. The molecule has 3 N–H and O–H groups in total. The Morgan fingerprint density at radius 3 is 2.31 bits per heavy atom. The molecule has 3 amide bonds.